The average Bonchev–Trinajstić information content (AvgIpc) is 3.13. The molecule has 1 fully saturated rings. The molecule has 0 saturated carbocycles. The van der Waals surface area contributed by atoms with Crippen LogP contribution in [0.15, 0.2) is 34.3 Å². The number of nitrogens with zero attached hydrogens (tertiary/aromatic N) is 3. The minimum atomic E-state index is -1.23. The number of hydrogen-bond donors (Lipinski definition) is 2. The summed E-state index contributed by atoms with van der Waals surface area (Å²) in [5.41, 5.74) is -1.94. The first-order valence-electron chi connectivity index (χ1n) is 13.4. The van der Waals surface area contributed by atoms with Crippen LogP contribution in [-0.4, -0.2) is 63.0 Å². The van der Waals surface area contributed by atoms with E-state index in [0.717, 1.165) is 12.5 Å². The minimum Gasteiger partial charge on any atom is -0.487 e. The number of aliphatic hydroxyl groups excluding tert-OH is 1. The molecule has 40 heavy (non-hydrogen) atoms. The SMILES string of the molecule is CCCCOc1c2n(cc(C(=O)NCc3ccc(F)cc3F)c1=O)[C@@H]1CN(C2=O)[C@@H](C)CC[C@@]12ON=C(C)[C@@H]2O. The average molecular weight is 559 g/mol. The number of aliphatic hydroxyl groups is 1. The second kappa shape index (κ2) is 10.6. The van der Waals surface area contributed by atoms with Gasteiger partial charge in [-0.15, -0.1) is 0 Å². The van der Waals surface area contributed by atoms with Gasteiger partial charge in [0.05, 0.1) is 18.4 Å². The monoisotopic (exact) mass is 558 g/mol. The van der Waals surface area contributed by atoms with E-state index in [0.29, 0.717) is 31.0 Å². The Morgan fingerprint density at radius 1 is 1.32 bits per heavy atom. The van der Waals surface area contributed by atoms with Gasteiger partial charge in [0.15, 0.2) is 17.0 Å². The number of amides is 2. The highest BCUT2D eigenvalue weighted by molar-refractivity contribution is 5.99. The van der Waals surface area contributed by atoms with Crippen molar-refractivity contribution in [2.24, 2.45) is 5.16 Å². The Labute approximate surface area is 229 Å². The van der Waals surface area contributed by atoms with E-state index in [1.54, 1.807) is 11.8 Å². The summed E-state index contributed by atoms with van der Waals surface area (Å²) in [6.45, 7) is 5.49. The van der Waals surface area contributed by atoms with Crippen LogP contribution in [0.5, 0.6) is 5.75 Å². The normalized spacial score (nSPS) is 25.2. The van der Waals surface area contributed by atoms with Crippen LogP contribution in [0, 0.1) is 11.6 Å². The highest BCUT2D eigenvalue weighted by Gasteiger charge is 2.58. The van der Waals surface area contributed by atoms with Crippen LogP contribution in [-0.2, 0) is 11.4 Å². The fourth-order valence-electron chi connectivity index (χ4n) is 5.67. The first-order chi connectivity index (χ1) is 19.1. The molecule has 0 unspecified atom stereocenters. The summed E-state index contributed by atoms with van der Waals surface area (Å²) in [4.78, 5) is 48.3. The maximum atomic E-state index is 14.2. The smallest absolute Gasteiger partial charge is 0.274 e. The number of rotatable bonds is 7. The van der Waals surface area contributed by atoms with Gasteiger partial charge in [0.1, 0.15) is 23.3 Å². The molecule has 3 aliphatic rings. The molecule has 3 aliphatic heterocycles. The molecule has 214 valence electrons. The van der Waals surface area contributed by atoms with Crippen LogP contribution < -0.4 is 15.5 Å². The van der Waals surface area contributed by atoms with E-state index in [2.05, 4.69) is 10.5 Å². The molecule has 5 rings (SSSR count). The Balaban J connectivity index is 1.61. The molecule has 2 aromatic rings. The van der Waals surface area contributed by atoms with Gasteiger partial charge >= 0.3 is 0 Å². The number of oxime groups is 1. The molecule has 10 nitrogen and oxygen atoms in total. The number of carbonyl (C=O) groups is 2. The van der Waals surface area contributed by atoms with Gasteiger partial charge in [-0.05, 0) is 39.2 Å². The first kappa shape index (κ1) is 27.8. The number of halogens is 2. The van der Waals surface area contributed by atoms with Crippen LogP contribution in [0.4, 0.5) is 8.78 Å². The molecule has 2 bridgehead atoms. The lowest BCUT2D eigenvalue weighted by Crippen LogP contribution is -2.56. The van der Waals surface area contributed by atoms with Gasteiger partial charge in [-0.25, -0.2) is 8.78 Å². The number of pyridine rings is 1. The van der Waals surface area contributed by atoms with E-state index in [1.165, 1.54) is 16.8 Å². The Bertz CT molecular complexity index is 1440. The number of fused-ring (bicyclic) bond motifs is 5. The maximum Gasteiger partial charge on any atom is 0.274 e. The van der Waals surface area contributed by atoms with Crippen LogP contribution in [0.3, 0.4) is 0 Å². The molecule has 4 heterocycles. The Morgan fingerprint density at radius 2 is 2.10 bits per heavy atom. The van der Waals surface area contributed by atoms with Crippen molar-refractivity contribution in [1.82, 2.24) is 14.8 Å². The van der Waals surface area contributed by atoms with Crippen LogP contribution in [0.1, 0.15) is 78.9 Å². The first-order valence-corrected chi connectivity index (χ1v) is 13.4. The lowest BCUT2D eigenvalue weighted by atomic mass is 9.82. The largest absolute Gasteiger partial charge is 0.487 e. The van der Waals surface area contributed by atoms with Crippen molar-refractivity contribution >= 4 is 17.5 Å². The second-order valence-corrected chi connectivity index (χ2v) is 10.6. The zero-order valence-corrected chi connectivity index (χ0v) is 22.6. The van der Waals surface area contributed by atoms with Crippen molar-refractivity contribution < 1.29 is 33.1 Å². The lowest BCUT2D eigenvalue weighted by molar-refractivity contribution is -0.114. The summed E-state index contributed by atoms with van der Waals surface area (Å²) >= 11 is 0. The van der Waals surface area contributed by atoms with Crippen LogP contribution in [0.25, 0.3) is 0 Å². The summed E-state index contributed by atoms with van der Waals surface area (Å²) in [5, 5.41) is 17.8. The molecule has 1 aromatic heterocycles. The summed E-state index contributed by atoms with van der Waals surface area (Å²) in [6, 6.07) is 2.06. The van der Waals surface area contributed by atoms with Gasteiger partial charge in [-0.1, -0.05) is 24.6 Å². The molecule has 2 amide bonds. The van der Waals surface area contributed by atoms with E-state index >= 15 is 0 Å². The molecular formula is C28H32F2N4O6. The topological polar surface area (TPSA) is 122 Å². The van der Waals surface area contributed by atoms with Gasteiger partial charge < -0.3 is 29.5 Å². The third-order valence-corrected chi connectivity index (χ3v) is 8.07. The predicted molar refractivity (Wildman–Crippen MR) is 140 cm³/mol. The quantitative estimate of drug-likeness (QED) is 0.504. The second-order valence-electron chi connectivity index (χ2n) is 10.6. The van der Waals surface area contributed by atoms with Crippen molar-refractivity contribution in [2.45, 2.75) is 76.8 Å². The van der Waals surface area contributed by atoms with E-state index in [4.69, 9.17) is 9.57 Å². The molecule has 12 heteroatoms. The predicted octanol–water partition coefficient (Wildman–Crippen LogP) is 2.92. The molecule has 0 aliphatic carbocycles. The molecular weight excluding hydrogens is 526 g/mol. The van der Waals surface area contributed by atoms with Gasteiger partial charge in [-0.3, -0.25) is 14.4 Å². The van der Waals surface area contributed by atoms with Crippen molar-refractivity contribution in [2.75, 3.05) is 13.2 Å². The molecule has 1 saturated heterocycles. The standard InChI is InChI=1S/C28H32F2N4O6/c1-4-5-10-39-24-22-27(38)33-14-21(28(9-8-15(33)2)25(36)16(3)32-40-28)34(22)13-19(23(24)35)26(37)31-12-17-6-7-18(29)11-20(17)30/h6-7,11,13,15,21,25,36H,4-5,8-10,12,14H2,1-3H3,(H,31,37)/t15-,21+,25-,28+/m0/s1. The number of unbranched alkanes of at least 4 members (excludes halogenated alkanes) is 1. The number of ether oxygens (including phenoxy) is 1. The fourth-order valence-corrected chi connectivity index (χ4v) is 5.67. The van der Waals surface area contributed by atoms with E-state index < -0.39 is 46.6 Å². The highest BCUT2D eigenvalue weighted by atomic mass is 19.1. The third-order valence-electron chi connectivity index (χ3n) is 8.07. The van der Waals surface area contributed by atoms with E-state index in [9.17, 15) is 28.3 Å². The zero-order chi connectivity index (χ0) is 28.8. The van der Waals surface area contributed by atoms with E-state index in [-0.39, 0.29) is 48.3 Å². The number of aromatic nitrogens is 1. The number of benzene rings is 1. The zero-order valence-electron chi connectivity index (χ0n) is 22.6. The summed E-state index contributed by atoms with van der Waals surface area (Å²) < 4.78 is 34.9. The molecule has 0 radical (unpaired) electrons. The maximum absolute atomic E-state index is 14.2. The van der Waals surface area contributed by atoms with Gasteiger partial charge in [0.25, 0.3) is 11.8 Å². The third kappa shape index (κ3) is 4.53. The summed E-state index contributed by atoms with van der Waals surface area (Å²) in [7, 11) is 0. The van der Waals surface area contributed by atoms with Gasteiger partial charge in [0, 0.05) is 37.0 Å². The number of carbonyl (C=O) groups excluding carboxylic acids is 2. The number of nitrogens with one attached hydrogen (secondary N) is 1. The van der Waals surface area contributed by atoms with Crippen molar-refractivity contribution in [1.29, 1.82) is 0 Å². The van der Waals surface area contributed by atoms with Gasteiger partial charge in [-0.2, -0.15) is 0 Å². The lowest BCUT2D eigenvalue weighted by Gasteiger charge is -2.43. The van der Waals surface area contributed by atoms with Crippen molar-refractivity contribution in [3.63, 3.8) is 0 Å². The Morgan fingerprint density at radius 3 is 2.77 bits per heavy atom. The molecule has 1 aromatic carbocycles. The van der Waals surface area contributed by atoms with E-state index in [1.807, 2.05) is 13.8 Å². The minimum absolute atomic E-state index is 0.0213. The van der Waals surface area contributed by atoms with Crippen molar-refractivity contribution in [3.8, 4) is 5.75 Å². The highest BCUT2D eigenvalue weighted by Crippen LogP contribution is 2.46. The Hall–Kier alpha value is -3.80. The van der Waals surface area contributed by atoms with Crippen LogP contribution in [0.2, 0.25) is 0 Å². The van der Waals surface area contributed by atoms with Crippen molar-refractivity contribution in [3.05, 3.63) is 63.1 Å². The summed E-state index contributed by atoms with van der Waals surface area (Å²) in [6.07, 6.45) is 2.47. The Kier molecular flexibility index (Phi) is 7.38. The number of hydrogen-bond acceptors (Lipinski definition) is 7. The molecule has 4 atom stereocenters. The summed E-state index contributed by atoms with van der Waals surface area (Å²) in [5.74, 6) is -3.10. The van der Waals surface area contributed by atoms with Crippen LogP contribution >= 0.6 is 0 Å². The fraction of sp³-hybridized carbons (Fsp3) is 0.500. The molecule has 1 spiro atoms. The molecule has 2 N–H and O–H groups in total. The van der Waals surface area contributed by atoms with Gasteiger partial charge in [0.2, 0.25) is 5.43 Å².